The molecular weight excluding hydrogens is 493 g/mol. The third-order valence-corrected chi connectivity index (χ3v) is 5.48. The van der Waals surface area contributed by atoms with Crippen molar-refractivity contribution in [3.05, 3.63) is 41.7 Å². The van der Waals surface area contributed by atoms with E-state index >= 15 is 0 Å². The highest BCUT2D eigenvalue weighted by Crippen LogP contribution is 2.26. The molecular formula is C24H38Cl3N7. The van der Waals surface area contributed by atoms with Crippen LogP contribution in [-0.2, 0) is 0 Å². The summed E-state index contributed by atoms with van der Waals surface area (Å²) in [6.45, 7) is 13.9. The van der Waals surface area contributed by atoms with E-state index in [4.69, 9.17) is 5.73 Å². The normalized spacial score (nSPS) is 11.2. The molecule has 2 heterocycles. The van der Waals surface area contributed by atoms with E-state index in [0.29, 0.717) is 12.0 Å². The predicted molar refractivity (Wildman–Crippen MR) is 153 cm³/mol. The number of anilines is 4. The number of hydrogen-bond donors (Lipinski definition) is 3. The second kappa shape index (κ2) is 15.0. The van der Waals surface area contributed by atoms with E-state index in [0.717, 1.165) is 72.0 Å². The van der Waals surface area contributed by atoms with Gasteiger partial charge in [0.05, 0.1) is 5.52 Å². The zero-order valence-electron chi connectivity index (χ0n) is 20.6. The lowest BCUT2D eigenvalue weighted by molar-refractivity contribution is 0.295. The Bertz CT molecular complexity index is 1030. The molecule has 34 heavy (non-hydrogen) atoms. The van der Waals surface area contributed by atoms with Crippen LogP contribution in [-0.4, -0.2) is 45.5 Å². The van der Waals surface area contributed by atoms with Gasteiger partial charge in [0.1, 0.15) is 5.82 Å². The lowest BCUT2D eigenvalue weighted by Gasteiger charge is -2.20. The summed E-state index contributed by atoms with van der Waals surface area (Å²) >= 11 is 0. The van der Waals surface area contributed by atoms with Crippen LogP contribution in [0.3, 0.4) is 0 Å². The van der Waals surface area contributed by atoms with E-state index in [1.807, 2.05) is 44.2 Å². The number of nitrogen functional groups attached to an aromatic ring is 1. The van der Waals surface area contributed by atoms with Gasteiger partial charge in [-0.15, -0.1) is 37.2 Å². The summed E-state index contributed by atoms with van der Waals surface area (Å²) in [5.41, 5.74) is 10.6. The maximum absolute atomic E-state index is 6.19. The van der Waals surface area contributed by atoms with Gasteiger partial charge in [-0.1, -0.05) is 13.8 Å². The van der Waals surface area contributed by atoms with E-state index in [1.54, 1.807) is 0 Å². The van der Waals surface area contributed by atoms with Crippen molar-refractivity contribution in [1.29, 1.82) is 0 Å². The SMILES string of the molecule is CCN(CC)CCC[C@@H](C)Nc1nc(C)cc(Nc2ccc3nc(C)cc(N)c3c2)n1.Cl.Cl.Cl. The van der Waals surface area contributed by atoms with E-state index < -0.39 is 0 Å². The van der Waals surface area contributed by atoms with Crippen LogP contribution in [0.25, 0.3) is 10.9 Å². The van der Waals surface area contributed by atoms with Crippen LogP contribution < -0.4 is 16.4 Å². The number of fused-ring (bicyclic) bond motifs is 1. The molecule has 0 amide bonds. The third kappa shape index (κ3) is 8.95. The first-order valence-corrected chi connectivity index (χ1v) is 11.2. The maximum Gasteiger partial charge on any atom is 0.225 e. The van der Waals surface area contributed by atoms with Gasteiger partial charge in [-0.25, -0.2) is 4.98 Å². The summed E-state index contributed by atoms with van der Waals surface area (Å²) in [6, 6.07) is 10.1. The summed E-state index contributed by atoms with van der Waals surface area (Å²) in [5, 5.41) is 7.77. The van der Waals surface area contributed by atoms with Crippen LogP contribution in [0.1, 0.15) is 45.0 Å². The molecule has 0 radical (unpaired) electrons. The molecule has 0 aliphatic heterocycles. The Morgan fingerprint density at radius 2 is 1.62 bits per heavy atom. The molecule has 0 fully saturated rings. The molecule has 0 saturated carbocycles. The number of aryl methyl sites for hydroxylation is 2. The van der Waals surface area contributed by atoms with Gasteiger partial charge >= 0.3 is 0 Å². The molecule has 0 spiro atoms. The minimum Gasteiger partial charge on any atom is -0.398 e. The molecule has 1 aromatic carbocycles. The van der Waals surface area contributed by atoms with Crippen molar-refractivity contribution >= 4 is 71.3 Å². The highest BCUT2D eigenvalue weighted by atomic mass is 35.5. The molecule has 2 aromatic heterocycles. The summed E-state index contributed by atoms with van der Waals surface area (Å²) in [5.74, 6) is 1.40. The van der Waals surface area contributed by atoms with Crippen LogP contribution in [0.4, 0.5) is 23.1 Å². The van der Waals surface area contributed by atoms with E-state index in [1.165, 1.54) is 0 Å². The van der Waals surface area contributed by atoms with Crippen molar-refractivity contribution in [1.82, 2.24) is 19.9 Å². The van der Waals surface area contributed by atoms with Crippen molar-refractivity contribution in [2.75, 3.05) is 36.0 Å². The highest BCUT2D eigenvalue weighted by molar-refractivity contribution is 5.93. The van der Waals surface area contributed by atoms with Crippen molar-refractivity contribution in [2.45, 2.75) is 53.5 Å². The zero-order valence-corrected chi connectivity index (χ0v) is 23.0. The fourth-order valence-corrected chi connectivity index (χ4v) is 3.77. The molecule has 3 rings (SSSR count). The van der Waals surface area contributed by atoms with Gasteiger partial charge in [-0.2, -0.15) is 4.98 Å². The molecule has 0 bridgehead atoms. The number of hydrogen-bond acceptors (Lipinski definition) is 7. The van der Waals surface area contributed by atoms with E-state index in [9.17, 15) is 0 Å². The lowest BCUT2D eigenvalue weighted by atomic mass is 10.1. The Kier molecular flexibility index (Phi) is 14.1. The van der Waals surface area contributed by atoms with Crippen LogP contribution in [0.5, 0.6) is 0 Å². The van der Waals surface area contributed by atoms with Crippen molar-refractivity contribution in [3.8, 4) is 0 Å². The van der Waals surface area contributed by atoms with E-state index in [2.05, 4.69) is 51.3 Å². The molecule has 7 nitrogen and oxygen atoms in total. The second-order valence-electron chi connectivity index (χ2n) is 8.14. The largest absolute Gasteiger partial charge is 0.398 e. The van der Waals surface area contributed by atoms with E-state index in [-0.39, 0.29) is 37.2 Å². The van der Waals surface area contributed by atoms with Gasteiger partial charge in [0, 0.05) is 40.3 Å². The highest BCUT2D eigenvalue weighted by Gasteiger charge is 2.09. The Morgan fingerprint density at radius 1 is 0.941 bits per heavy atom. The van der Waals surface area contributed by atoms with Crippen LogP contribution in [0.2, 0.25) is 0 Å². The first kappa shape index (κ1) is 31.9. The molecule has 0 unspecified atom stereocenters. The molecule has 190 valence electrons. The molecule has 3 aromatic rings. The van der Waals surface area contributed by atoms with Gasteiger partial charge in [-0.3, -0.25) is 4.98 Å². The van der Waals surface area contributed by atoms with Crippen LogP contribution >= 0.6 is 37.2 Å². The Morgan fingerprint density at radius 3 is 2.29 bits per heavy atom. The zero-order chi connectivity index (χ0) is 22.4. The van der Waals surface area contributed by atoms with Crippen molar-refractivity contribution in [2.24, 2.45) is 0 Å². The molecule has 1 atom stereocenters. The van der Waals surface area contributed by atoms with Crippen molar-refractivity contribution in [3.63, 3.8) is 0 Å². The minimum absolute atomic E-state index is 0. The predicted octanol–water partition coefficient (Wildman–Crippen LogP) is 6.16. The lowest BCUT2D eigenvalue weighted by Crippen LogP contribution is -2.26. The van der Waals surface area contributed by atoms with Gasteiger partial charge in [0.15, 0.2) is 0 Å². The average molecular weight is 531 g/mol. The summed E-state index contributed by atoms with van der Waals surface area (Å²) in [4.78, 5) is 16.2. The Hall–Kier alpha value is -2.06. The number of nitrogens with zero attached hydrogens (tertiary/aromatic N) is 4. The maximum atomic E-state index is 6.19. The number of nitrogens with one attached hydrogen (secondary N) is 2. The average Bonchev–Trinajstić information content (AvgIpc) is 2.71. The van der Waals surface area contributed by atoms with Gasteiger partial charge in [0.2, 0.25) is 5.95 Å². The monoisotopic (exact) mass is 529 g/mol. The molecule has 10 heteroatoms. The molecule has 4 N–H and O–H groups in total. The second-order valence-corrected chi connectivity index (χ2v) is 8.14. The van der Waals surface area contributed by atoms with Gasteiger partial charge < -0.3 is 21.3 Å². The topological polar surface area (TPSA) is 92.0 Å². The van der Waals surface area contributed by atoms with Crippen LogP contribution in [0.15, 0.2) is 30.3 Å². The Labute approximate surface area is 222 Å². The molecule has 0 saturated heterocycles. The number of rotatable bonds is 10. The fourth-order valence-electron chi connectivity index (χ4n) is 3.77. The number of nitrogens with two attached hydrogens (primary N) is 1. The number of aromatic nitrogens is 3. The number of halogens is 3. The first-order valence-electron chi connectivity index (χ1n) is 11.2. The third-order valence-electron chi connectivity index (χ3n) is 5.48. The molecule has 0 aliphatic rings. The number of benzene rings is 1. The standard InChI is InChI=1S/C24H35N7.3ClH/c1-6-31(7-2)12-8-9-16(3)27-24-28-18(5)14-23(30-24)29-19-10-11-22-20(15-19)21(25)13-17(4)26-22;;;/h10-11,13-16H,6-9,12H2,1-5H3,(H2,25,26)(H2,27,28,29,30);3*1H/t16-;;;/m1.../s1. The fraction of sp³-hybridized carbons (Fsp3) is 0.458. The van der Waals surface area contributed by atoms with Crippen molar-refractivity contribution < 1.29 is 0 Å². The number of pyridine rings is 1. The summed E-state index contributed by atoms with van der Waals surface area (Å²) < 4.78 is 0. The smallest absolute Gasteiger partial charge is 0.225 e. The Balaban J connectivity index is 0.00000363. The minimum atomic E-state index is 0. The quantitative estimate of drug-likeness (QED) is 0.289. The summed E-state index contributed by atoms with van der Waals surface area (Å²) in [6.07, 6.45) is 2.23. The summed E-state index contributed by atoms with van der Waals surface area (Å²) in [7, 11) is 0. The van der Waals surface area contributed by atoms with Gasteiger partial charge in [-0.05, 0) is 77.5 Å². The molecule has 0 aliphatic carbocycles. The van der Waals surface area contributed by atoms with Crippen LogP contribution in [0, 0.1) is 13.8 Å². The van der Waals surface area contributed by atoms with Gasteiger partial charge in [0.25, 0.3) is 0 Å². The first-order chi connectivity index (χ1) is 14.9.